The van der Waals surface area contributed by atoms with E-state index in [4.69, 9.17) is 0 Å². The van der Waals surface area contributed by atoms with E-state index in [1.807, 2.05) is 18.8 Å². The first-order valence-corrected chi connectivity index (χ1v) is 4.78. The molecular formula is C8H14BrN3. The normalized spacial score (nSPS) is 10.7. The van der Waals surface area contributed by atoms with E-state index in [9.17, 15) is 0 Å². The van der Waals surface area contributed by atoms with Gasteiger partial charge in [0.1, 0.15) is 4.60 Å². The summed E-state index contributed by atoms with van der Waals surface area (Å²) in [5.74, 6) is 0. The van der Waals surface area contributed by atoms with Crippen LogP contribution >= 0.6 is 15.9 Å². The Morgan fingerprint density at radius 2 is 2.25 bits per heavy atom. The Labute approximate surface area is 81.3 Å². The first-order valence-electron chi connectivity index (χ1n) is 3.99. The quantitative estimate of drug-likeness (QED) is 0.850. The first-order chi connectivity index (χ1) is 5.66. The fourth-order valence-corrected chi connectivity index (χ4v) is 1.45. The molecule has 1 rings (SSSR count). The Hall–Kier alpha value is -0.350. The van der Waals surface area contributed by atoms with E-state index >= 15 is 0 Å². The summed E-state index contributed by atoms with van der Waals surface area (Å²) in [7, 11) is 3.90. The maximum Gasteiger partial charge on any atom is 0.106 e. The minimum absolute atomic E-state index is 0.976. The number of aromatic nitrogens is 2. The van der Waals surface area contributed by atoms with Crippen molar-refractivity contribution in [2.75, 3.05) is 13.6 Å². The van der Waals surface area contributed by atoms with Crippen LogP contribution in [0.4, 0.5) is 0 Å². The lowest BCUT2D eigenvalue weighted by molar-refractivity contribution is 0.708. The maximum atomic E-state index is 4.38. The summed E-state index contributed by atoms with van der Waals surface area (Å²) in [6.45, 7) is 3.06. The number of likely N-dealkylation sites (N-methyl/N-ethyl adjacent to an activating group) is 1. The number of nitrogens with zero attached hydrogens (tertiary/aromatic N) is 2. The predicted octanol–water partition coefficient (Wildman–Crippen LogP) is 1.25. The summed E-state index contributed by atoms with van der Waals surface area (Å²) in [5, 5.41) is 7.48. The number of rotatable bonds is 3. The van der Waals surface area contributed by atoms with Crippen LogP contribution in [-0.4, -0.2) is 23.4 Å². The molecule has 0 saturated carbocycles. The van der Waals surface area contributed by atoms with Crippen LogP contribution in [0.5, 0.6) is 0 Å². The van der Waals surface area contributed by atoms with Crippen LogP contribution in [-0.2, 0) is 13.5 Å². The third-order valence-electron chi connectivity index (χ3n) is 1.91. The summed E-state index contributed by atoms with van der Waals surface area (Å²) < 4.78 is 2.94. The van der Waals surface area contributed by atoms with E-state index in [2.05, 4.69) is 33.3 Å². The molecule has 0 saturated heterocycles. The third-order valence-corrected chi connectivity index (χ3v) is 3.02. The highest BCUT2D eigenvalue weighted by Crippen LogP contribution is 2.18. The van der Waals surface area contributed by atoms with Crippen molar-refractivity contribution in [1.29, 1.82) is 0 Å². The zero-order valence-corrected chi connectivity index (χ0v) is 9.27. The lowest BCUT2D eigenvalue weighted by Crippen LogP contribution is -2.11. The summed E-state index contributed by atoms with van der Waals surface area (Å²) in [4.78, 5) is 0. The smallest absolute Gasteiger partial charge is 0.106 e. The van der Waals surface area contributed by atoms with Crippen LogP contribution in [0.25, 0.3) is 0 Å². The second kappa shape index (κ2) is 4.05. The topological polar surface area (TPSA) is 29.9 Å². The molecule has 0 aliphatic carbocycles. The molecule has 0 aliphatic rings. The Balaban J connectivity index is 2.79. The lowest BCUT2D eigenvalue weighted by atomic mass is 10.2. The van der Waals surface area contributed by atoms with Crippen molar-refractivity contribution in [1.82, 2.24) is 15.1 Å². The number of halogens is 1. The zero-order chi connectivity index (χ0) is 9.14. The molecule has 0 fully saturated rings. The fraction of sp³-hybridized carbons (Fsp3) is 0.625. The molecule has 0 atom stereocenters. The largest absolute Gasteiger partial charge is 0.319 e. The number of hydrogen-bond acceptors (Lipinski definition) is 2. The molecule has 1 heterocycles. The van der Waals surface area contributed by atoms with Crippen molar-refractivity contribution in [2.45, 2.75) is 13.3 Å². The highest BCUT2D eigenvalue weighted by atomic mass is 79.9. The minimum Gasteiger partial charge on any atom is -0.319 e. The van der Waals surface area contributed by atoms with E-state index in [0.29, 0.717) is 0 Å². The number of hydrogen-bond donors (Lipinski definition) is 1. The molecule has 3 nitrogen and oxygen atoms in total. The van der Waals surface area contributed by atoms with E-state index in [1.165, 1.54) is 11.3 Å². The predicted molar refractivity (Wildman–Crippen MR) is 53.3 cm³/mol. The van der Waals surface area contributed by atoms with Crippen molar-refractivity contribution in [2.24, 2.45) is 7.05 Å². The van der Waals surface area contributed by atoms with Gasteiger partial charge >= 0.3 is 0 Å². The van der Waals surface area contributed by atoms with Crippen molar-refractivity contribution in [3.8, 4) is 0 Å². The van der Waals surface area contributed by atoms with Gasteiger partial charge in [-0.05, 0) is 29.9 Å². The third kappa shape index (κ3) is 1.87. The molecule has 0 amide bonds. The van der Waals surface area contributed by atoms with Gasteiger partial charge in [-0.2, -0.15) is 5.10 Å². The average Bonchev–Trinajstić information content (AvgIpc) is 2.30. The van der Waals surface area contributed by atoms with Crippen LogP contribution in [0.15, 0.2) is 4.60 Å². The highest BCUT2D eigenvalue weighted by molar-refractivity contribution is 9.10. The van der Waals surface area contributed by atoms with Gasteiger partial charge in [0.05, 0.1) is 5.69 Å². The summed E-state index contributed by atoms with van der Waals surface area (Å²) in [6.07, 6.45) is 0.988. The van der Waals surface area contributed by atoms with Gasteiger partial charge in [0.2, 0.25) is 0 Å². The molecule has 68 valence electrons. The van der Waals surface area contributed by atoms with E-state index in [-0.39, 0.29) is 0 Å². The molecule has 1 aromatic rings. The number of nitrogens with one attached hydrogen (secondary N) is 1. The minimum atomic E-state index is 0.976. The average molecular weight is 232 g/mol. The van der Waals surface area contributed by atoms with Gasteiger partial charge in [0.15, 0.2) is 0 Å². The van der Waals surface area contributed by atoms with Crippen molar-refractivity contribution < 1.29 is 0 Å². The summed E-state index contributed by atoms with van der Waals surface area (Å²) in [5.41, 5.74) is 2.41. The molecule has 0 bridgehead atoms. The Bertz CT molecular complexity index is 268. The van der Waals surface area contributed by atoms with Crippen LogP contribution < -0.4 is 5.32 Å². The highest BCUT2D eigenvalue weighted by Gasteiger charge is 2.08. The Kier molecular flexibility index (Phi) is 3.29. The molecule has 4 heteroatoms. The Morgan fingerprint density at radius 3 is 2.67 bits per heavy atom. The molecule has 0 aromatic carbocycles. The van der Waals surface area contributed by atoms with Gasteiger partial charge in [-0.3, -0.25) is 4.68 Å². The molecular weight excluding hydrogens is 218 g/mol. The second-order valence-electron chi connectivity index (χ2n) is 2.84. The standard InChI is InChI=1S/C8H14BrN3/c1-6-7(4-5-10-2)11-12(3)8(6)9/h10H,4-5H2,1-3H3. The van der Waals surface area contributed by atoms with Crippen molar-refractivity contribution >= 4 is 15.9 Å². The van der Waals surface area contributed by atoms with E-state index in [0.717, 1.165) is 17.6 Å². The van der Waals surface area contributed by atoms with Crippen molar-refractivity contribution in [3.63, 3.8) is 0 Å². The van der Waals surface area contributed by atoms with Gasteiger partial charge in [0.25, 0.3) is 0 Å². The fourth-order valence-electron chi connectivity index (χ4n) is 1.14. The summed E-state index contributed by atoms with van der Waals surface area (Å²) >= 11 is 3.47. The first kappa shape index (κ1) is 9.74. The van der Waals surface area contributed by atoms with Crippen LogP contribution in [0, 0.1) is 6.92 Å². The molecule has 1 aromatic heterocycles. The molecule has 12 heavy (non-hydrogen) atoms. The lowest BCUT2D eigenvalue weighted by Gasteiger charge is -1.95. The summed E-state index contributed by atoms with van der Waals surface area (Å²) in [6, 6.07) is 0. The SMILES string of the molecule is CNCCc1nn(C)c(Br)c1C. The van der Waals surface area contributed by atoms with Crippen molar-refractivity contribution in [3.05, 3.63) is 15.9 Å². The molecule has 1 N–H and O–H groups in total. The van der Waals surface area contributed by atoms with Gasteiger partial charge in [-0.15, -0.1) is 0 Å². The van der Waals surface area contributed by atoms with Crippen LogP contribution in [0.2, 0.25) is 0 Å². The maximum absolute atomic E-state index is 4.38. The van der Waals surface area contributed by atoms with Crippen LogP contribution in [0.3, 0.4) is 0 Å². The zero-order valence-electron chi connectivity index (χ0n) is 7.69. The van der Waals surface area contributed by atoms with Gasteiger partial charge in [-0.25, -0.2) is 0 Å². The second-order valence-corrected chi connectivity index (χ2v) is 3.59. The van der Waals surface area contributed by atoms with Gasteiger partial charge < -0.3 is 5.32 Å². The molecule has 0 aliphatic heterocycles. The van der Waals surface area contributed by atoms with E-state index in [1.54, 1.807) is 0 Å². The molecule has 0 unspecified atom stereocenters. The van der Waals surface area contributed by atoms with E-state index < -0.39 is 0 Å². The van der Waals surface area contributed by atoms with Gasteiger partial charge in [-0.1, -0.05) is 0 Å². The number of aryl methyl sites for hydroxylation is 1. The monoisotopic (exact) mass is 231 g/mol. The molecule has 0 radical (unpaired) electrons. The molecule has 0 spiro atoms. The van der Waals surface area contributed by atoms with Crippen LogP contribution in [0.1, 0.15) is 11.3 Å². The van der Waals surface area contributed by atoms with Gasteiger partial charge in [0, 0.05) is 25.6 Å². The Morgan fingerprint density at radius 1 is 1.58 bits per heavy atom.